The minimum Gasteiger partial charge on any atom is -0.472 e. The minimum atomic E-state index is -0.338. The maximum absolute atomic E-state index is 6.70. The van der Waals surface area contributed by atoms with Gasteiger partial charge in [0.1, 0.15) is 5.75 Å². The molecular formula is C22H24BrNO3. The van der Waals surface area contributed by atoms with Crippen molar-refractivity contribution in [3.8, 4) is 17.2 Å². The van der Waals surface area contributed by atoms with Gasteiger partial charge in [0.2, 0.25) is 6.79 Å². The van der Waals surface area contributed by atoms with Crippen LogP contribution in [0.2, 0.25) is 0 Å². The van der Waals surface area contributed by atoms with Crippen LogP contribution in [-0.2, 0) is 0 Å². The largest absolute Gasteiger partial charge is 0.472 e. The molecule has 5 rings (SSSR count). The second-order valence-electron chi connectivity index (χ2n) is 7.91. The Morgan fingerprint density at radius 3 is 2.37 bits per heavy atom. The second-order valence-corrected chi connectivity index (χ2v) is 8.83. The van der Waals surface area contributed by atoms with Gasteiger partial charge in [-0.2, -0.15) is 0 Å². The summed E-state index contributed by atoms with van der Waals surface area (Å²) in [4.78, 5) is 2.51. The van der Waals surface area contributed by atoms with Crippen LogP contribution < -0.4 is 14.2 Å². The van der Waals surface area contributed by atoms with E-state index in [0.717, 1.165) is 34.8 Å². The number of benzene rings is 2. The molecule has 4 nitrogen and oxygen atoms in total. The Morgan fingerprint density at radius 2 is 1.67 bits per heavy atom. The molecule has 0 aromatic heterocycles. The van der Waals surface area contributed by atoms with Gasteiger partial charge in [-0.1, -0.05) is 35.0 Å². The van der Waals surface area contributed by atoms with Crippen molar-refractivity contribution in [3.63, 3.8) is 0 Å². The van der Waals surface area contributed by atoms with Crippen LogP contribution in [0.5, 0.6) is 17.2 Å². The molecule has 0 spiro atoms. The number of likely N-dealkylation sites (tertiary alicyclic amines) is 1. The third-order valence-corrected chi connectivity index (χ3v) is 6.99. The van der Waals surface area contributed by atoms with Crippen LogP contribution >= 0.6 is 15.9 Å². The minimum absolute atomic E-state index is 0.238. The summed E-state index contributed by atoms with van der Waals surface area (Å²) in [7, 11) is 0. The van der Waals surface area contributed by atoms with Crippen LogP contribution in [0.3, 0.4) is 0 Å². The van der Waals surface area contributed by atoms with Crippen LogP contribution in [-0.4, -0.2) is 30.5 Å². The summed E-state index contributed by atoms with van der Waals surface area (Å²) >= 11 is 3.56. The quantitative estimate of drug-likeness (QED) is 0.660. The van der Waals surface area contributed by atoms with Gasteiger partial charge in [0.15, 0.2) is 17.2 Å². The lowest BCUT2D eigenvalue weighted by atomic mass is 9.74. The molecule has 3 heterocycles. The Labute approximate surface area is 168 Å². The fourth-order valence-corrected chi connectivity index (χ4v) is 5.08. The summed E-state index contributed by atoms with van der Waals surface area (Å²) in [5.41, 5.74) is 2.15. The predicted octanol–water partition coefficient (Wildman–Crippen LogP) is 5.15. The van der Waals surface area contributed by atoms with Gasteiger partial charge in [0, 0.05) is 41.0 Å². The zero-order chi connectivity index (χ0) is 18.6. The number of nitrogens with zero attached hydrogens (tertiary/aromatic N) is 1. The average molecular weight is 430 g/mol. The molecule has 1 fully saturated rings. The van der Waals surface area contributed by atoms with Crippen molar-refractivity contribution in [1.29, 1.82) is 0 Å². The highest BCUT2D eigenvalue weighted by molar-refractivity contribution is 9.10. The fourth-order valence-electron chi connectivity index (χ4n) is 4.82. The molecule has 1 saturated heterocycles. The molecule has 142 valence electrons. The van der Waals surface area contributed by atoms with Gasteiger partial charge in [-0.25, -0.2) is 0 Å². The molecule has 2 aromatic carbocycles. The molecule has 5 heteroatoms. The van der Waals surface area contributed by atoms with Crippen LogP contribution in [0.15, 0.2) is 40.9 Å². The fraction of sp³-hybridized carbons (Fsp3) is 0.455. The van der Waals surface area contributed by atoms with E-state index in [4.69, 9.17) is 14.2 Å². The summed E-state index contributed by atoms with van der Waals surface area (Å²) in [6.45, 7) is 7.03. The first-order valence-corrected chi connectivity index (χ1v) is 10.5. The van der Waals surface area contributed by atoms with Crippen molar-refractivity contribution in [2.45, 2.75) is 38.3 Å². The Bertz CT molecular complexity index is 863. The van der Waals surface area contributed by atoms with E-state index in [0.29, 0.717) is 5.92 Å². The van der Waals surface area contributed by atoms with Crippen molar-refractivity contribution >= 4 is 15.9 Å². The zero-order valence-corrected chi connectivity index (χ0v) is 17.3. The molecule has 3 aliphatic heterocycles. The maximum atomic E-state index is 6.70. The number of halogens is 1. The standard InChI is InChI=1S/C22H24BrNO3/c1-14-21(15-5-7-16(23)8-6-15)17-11-19-20(26-13-25-19)12-18(17)27-22(14,2)24-9-3-4-10-24/h5-8,11-12,14,21H,3-4,9-10,13H2,1-2H3/t14-,21-,22+/m0/s1. The molecule has 3 atom stereocenters. The van der Waals surface area contributed by atoms with E-state index in [-0.39, 0.29) is 18.4 Å². The van der Waals surface area contributed by atoms with Crippen molar-refractivity contribution in [2.75, 3.05) is 19.9 Å². The van der Waals surface area contributed by atoms with E-state index in [1.807, 2.05) is 6.07 Å². The van der Waals surface area contributed by atoms with E-state index in [1.165, 1.54) is 24.0 Å². The Balaban J connectivity index is 1.66. The van der Waals surface area contributed by atoms with E-state index in [9.17, 15) is 0 Å². The van der Waals surface area contributed by atoms with Crippen molar-refractivity contribution in [3.05, 3.63) is 52.0 Å². The molecule has 0 radical (unpaired) electrons. The van der Waals surface area contributed by atoms with E-state index in [1.54, 1.807) is 0 Å². The third kappa shape index (κ3) is 2.74. The first-order chi connectivity index (χ1) is 13.1. The number of rotatable bonds is 2. The molecule has 0 aliphatic carbocycles. The van der Waals surface area contributed by atoms with Crippen LogP contribution in [0.4, 0.5) is 0 Å². The molecular weight excluding hydrogens is 406 g/mol. The number of ether oxygens (including phenoxy) is 3. The number of hydrogen-bond donors (Lipinski definition) is 0. The van der Waals surface area contributed by atoms with Gasteiger partial charge in [0.25, 0.3) is 0 Å². The lowest BCUT2D eigenvalue weighted by molar-refractivity contribution is -0.114. The van der Waals surface area contributed by atoms with Crippen molar-refractivity contribution in [2.24, 2.45) is 5.92 Å². The highest BCUT2D eigenvalue weighted by Gasteiger charge is 2.49. The van der Waals surface area contributed by atoms with Gasteiger partial charge in [-0.3, -0.25) is 4.90 Å². The van der Waals surface area contributed by atoms with E-state index >= 15 is 0 Å². The molecule has 0 amide bonds. The highest BCUT2D eigenvalue weighted by atomic mass is 79.9. The molecule has 0 N–H and O–H groups in total. The Kier molecular flexibility index (Phi) is 4.13. The second kappa shape index (κ2) is 6.42. The number of hydrogen-bond acceptors (Lipinski definition) is 4. The third-order valence-electron chi connectivity index (χ3n) is 6.46. The topological polar surface area (TPSA) is 30.9 Å². The molecule has 27 heavy (non-hydrogen) atoms. The summed E-state index contributed by atoms with van der Waals surface area (Å²) in [5.74, 6) is 3.05. The molecule has 3 aliphatic rings. The van der Waals surface area contributed by atoms with E-state index < -0.39 is 0 Å². The van der Waals surface area contributed by atoms with Gasteiger partial charge in [-0.15, -0.1) is 0 Å². The zero-order valence-electron chi connectivity index (χ0n) is 15.7. The predicted molar refractivity (Wildman–Crippen MR) is 108 cm³/mol. The average Bonchev–Trinajstić information content (AvgIpc) is 3.34. The van der Waals surface area contributed by atoms with Gasteiger partial charge >= 0.3 is 0 Å². The molecule has 0 unspecified atom stereocenters. The first kappa shape index (κ1) is 17.4. The van der Waals surface area contributed by atoms with Gasteiger partial charge in [0.05, 0.1) is 0 Å². The Morgan fingerprint density at radius 1 is 1.00 bits per heavy atom. The maximum Gasteiger partial charge on any atom is 0.231 e. The normalized spacial score (nSPS) is 29.4. The highest BCUT2D eigenvalue weighted by Crippen LogP contribution is 2.53. The van der Waals surface area contributed by atoms with Crippen LogP contribution in [0, 0.1) is 5.92 Å². The lowest BCUT2D eigenvalue weighted by Crippen LogP contribution is -2.57. The van der Waals surface area contributed by atoms with E-state index in [2.05, 4.69) is 65.0 Å². The summed E-state index contributed by atoms with van der Waals surface area (Å²) in [6.07, 6.45) is 2.48. The summed E-state index contributed by atoms with van der Waals surface area (Å²) in [6, 6.07) is 12.8. The molecule has 0 bridgehead atoms. The first-order valence-electron chi connectivity index (χ1n) is 9.69. The summed E-state index contributed by atoms with van der Waals surface area (Å²) < 4.78 is 19.1. The lowest BCUT2D eigenvalue weighted by Gasteiger charge is -2.50. The monoisotopic (exact) mass is 429 g/mol. The molecule has 0 saturated carbocycles. The summed E-state index contributed by atoms with van der Waals surface area (Å²) in [5, 5.41) is 0. The van der Waals surface area contributed by atoms with Crippen molar-refractivity contribution in [1.82, 2.24) is 4.90 Å². The molecule has 2 aromatic rings. The smallest absolute Gasteiger partial charge is 0.231 e. The van der Waals surface area contributed by atoms with Crippen LogP contribution in [0.25, 0.3) is 0 Å². The van der Waals surface area contributed by atoms with Crippen molar-refractivity contribution < 1.29 is 14.2 Å². The van der Waals surface area contributed by atoms with Gasteiger partial charge in [-0.05, 0) is 43.5 Å². The SMILES string of the molecule is C[C@H]1[C@@H](c2ccc(Br)cc2)c2cc3c(cc2O[C@@]1(C)N1CCCC1)OCO3. The van der Waals surface area contributed by atoms with Gasteiger partial charge < -0.3 is 14.2 Å². The Hall–Kier alpha value is -1.72. The van der Waals surface area contributed by atoms with Crippen LogP contribution in [0.1, 0.15) is 43.7 Å². The number of fused-ring (bicyclic) bond motifs is 2.